The summed E-state index contributed by atoms with van der Waals surface area (Å²) in [5.41, 5.74) is 0. The van der Waals surface area contributed by atoms with Crippen molar-refractivity contribution in [3.8, 4) is 0 Å². The van der Waals surface area contributed by atoms with Gasteiger partial charge < -0.3 is 5.11 Å². The van der Waals surface area contributed by atoms with E-state index in [1.165, 1.54) is 0 Å². The SMILES string of the molecule is CCCC(CC(=O)O)n1nnnc1C(C)C. The Labute approximate surface area is 94.7 Å². The summed E-state index contributed by atoms with van der Waals surface area (Å²) in [5.74, 6) is 0.131. The third kappa shape index (κ3) is 3.01. The lowest BCUT2D eigenvalue weighted by atomic mass is 10.1. The lowest BCUT2D eigenvalue weighted by Gasteiger charge is -2.16. The first kappa shape index (κ1) is 12.6. The monoisotopic (exact) mass is 226 g/mol. The Morgan fingerprint density at radius 2 is 2.19 bits per heavy atom. The Morgan fingerprint density at radius 3 is 2.69 bits per heavy atom. The quantitative estimate of drug-likeness (QED) is 0.797. The molecule has 0 aliphatic carbocycles. The van der Waals surface area contributed by atoms with Crippen molar-refractivity contribution in [3.05, 3.63) is 5.82 Å². The Bertz CT molecular complexity index is 348. The van der Waals surface area contributed by atoms with Gasteiger partial charge in [-0.1, -0.05) is 27.2 Å². The summed E-state index contributed by atoms with van der Waals surface area (Å²) >= 11 is 0. The molecule has 0 aliphatic rings. The highest BCUT2D eigenvalue weighted by atomic mass is 16.4. The van der Waals surface area contributed by atoms with Crippen LogP contribution in [0.3, 0.4) is 0 Å². The maximum atomic E-state index is 10.8. The molecular weight excluding hydrogens is 208 g/mol. The molecule has 0 radical (unpaired) electrons. The topological polar surface area (TPSA) is 80.9 Å². The summed E-state index contributed by atoms with van der Waals surface area (Å²) in [7, 11) is 0. The number of tetrazole rings is 1. The van der Waals surface area contributed by atoms with Gasteiger partial charge >= 0.3 is 5.97 Å². The second-order valence-electron chi connectivity index (χ2n) is 4.18. The number of aliphatic carboxylic acids is 1. The van der Waals surface area contributed by atoms with Crippen LogP contribution in [0.25, 0.3) is 0 Å². The first-order chi connectivity index (χ1) is 7.56. The molecule has 1 aromatic rings. The summed E-state index contributed by atoms with van der Waals surface area (Å²) in [6.45, 7) is 6.01. The lowest BCUT2D eigenvalue weighted by Crippen LogP contribution is -2.18. The van der Waals surface area contributed by atoms with E-state index >= 15 is 0 Å². The van der Waals surface area contributed by atoms with Gasteiger partial charge in [0.15, 0.2) is 5.82 Å². The molecule has 0 aliphatic heterocycles. The van der Waals surface area contributed by atoms with E-state index < -0.39 is 5.97 Å². The van der Waals surface area contributed by atoms with Crippen molar-refractivity contribution < 1.29 is 9.90 Å². The number of hydrogen-bond acceptors (Lipinski definition) is 4. The first-order valence-corrected chi connectivity index (χ1v) is 5.55. The molecule has 0 aromatic carbocycles. The van der Waals surface area contributed by atoms with Crippen LogP contribution in [0.2, 0.25) is 0 Å². The average molecular weight is 226 g/mol. The number of aromatic nitrogens is 4. The zero-order valence-corrected chi connectivity index (χ0v) is 9.92. The highest BCUT2D eigenvalue weighted by Gasteiger charge is 2.20. The molecule has 6 nitrogen and oxygen atoms in total. The number of carbonyl (C=O) groups is 1. The van der Waals surface area contributed by atoms with Crippen LogP contribution in [0.15, 0.2) is 0 Å². The maximum absolute atomic E-state index is 10.8. The molecule has 0 saturated heterocycles. The van der Waals surface area contributed by atoms with Crippen LogP contribution in [0.1, 0.15) is 57.8 Å². The van der Waals surface area contributed by atoms with Crippen molar-refractivity contribution in [2.45, 2.75) is 52.0 Å². The molecule has 1 heterocycles. The fourth-order valence-corrected chi connectivity index (χ4v) is 1.69. The fourth-order valence-electron chi connectivity index (χ4n) is 1.69. The van der Waals surface area contributed by atoms with Crippen LogP contribution in [0, 0.1) is 0 Å². The number of carboxylic acid groups (broad SMARTS) is 1. The second kappa shape index (κ2) is 5.58. The third-order valence-electron chi connectivity index (χ3n) is 2.41. The Morgan fingerprint density at radius 1 is 1.50 bits per heavy atom. The molecule has 1 atom stereocenters. The predicted octanol–water partition coefficient (Wildman–Crippen LogP) is 1.61. The summed E-state index contributed by atoms with van der Waals surface area (Å²) in [4.78, 5) is 10.8. The largest absolute Gasteiger partial charge is 0.481 e. The fraction of sp³-hybridized carbons (Fsp3) is 0.800. The van der Waals surface area contributed by atoms with Gasteiger partial charge in [-0.05, 0) is 16.8 Å². The van der Waals surface area contributed by atoms with Crippen molar-refractivity contribution in [2.75, 3.05) is 0 Å². The molecular formula is C10H18N4O2. The van der Waals surface area contributed by atoms with Crippen LogP contribution < -0.4 is 0 Å². The number of nitrogens with zero attached hydrogens (tertiary/aromatic N) is 4. The summed E-state index contributed by atoms with van der Waals surface area (Å²) in [6.07, 6.45) is 1.75. The van der Waals surface area contributed by atoms with Gasteiger partial charge in [-0.3, -0.25) is 4.79 Å². The average Bonchev–Trinajstić information content (AvgIpc) is 2.64. The van der Waals surface area contributed by atoms with E-state index in [9.17, 15) is 4.79 Å². The third-order valence-corrected chi connectivity index (χ3v) is 2.41. The lowest BCUT2D eigenvalue weighted by molar-refractivity contribution is -0.138. The molecule has 90 valence electrons. The molecule has 1 N–H and O–H groups in total. The van der Waals surface area contributed by atoms with E-state index in [0.29, 0.717) is 0 Å². The number of rotatable bonds is 6. The van der Waals surface area contributed by atoms with Crippen molar-refractivity contribution >= 4 is 5.97 Å². The van der Waals surface area contributed by atoms with E-state index in [2.05, 4.69) is 15.5 Å². The van der Waals surface area contributed by atoms with Crippen LogP contribution in [0.5, 0.6) is 0 Å². The normalized spacial score (nSPS) is 13.0. The van der Waals surface area contributed by atoms with Gasteiger partial charge in [0, 0.05) is 5.92 Å². The first-order valence-electron chi connectivity index (χ1n) is 5.55. The summed E-state index contributed by atoms with van der Waals surface area (Å²) in [6, 6.07) is -0.144. The van der Waals surface area contributed by atoms with Gasteiger partial charge in [0.2, 0.25) is 0 Å². The van der Waals surface area contributed by atoms with Crippen LogP contribution in [-0.2, 0) is 4.79 Å². The zero-order chi connectivity index (χ0) is 12.1. The number of hydrogen-bond donors (Lipinski definition) is 1. The molecule has 0 spiro atoms. The van der Waals surface area contributed by atoms with E-state index in [4.69, 9.17) is 5.11 Å². The minimum absolute atomic E-state index is 0.0681. The van der Waals surface area contributed by atoms with Crippen LogP contribution in [0.4, 0.5) is 0 Å². The highest BCUT2D eigenvalue weighted by molar-refractivity contribution is 5.67. The van der Waals surface area contributed by atoms with Crippen LogP contribution in [-0.4, -0.2) is 31.3 Å². The van der Waals surface area contributed by atoms with Crippen molar-refractivity contribution in [2.24, 2.45) is 0 Å². The van der Waals surface area contributed by atoms with Gasteiger partial charge in [-0.2, -0.15) is 0 Å². The zero-order valence-electron chi connectivity index (χ0n) is 9.92. The minimum atomic E-state index is -0.816. The Kier molecular flexibility index (Phi) is 4.39. The Balaban J connectivity index is 2.91. The van der Waals surface area contributed by atoms with Crippen molar-refractivity contribution in [1.29, 1.82) is 0 Å². The molecule has 1 unspecified atom stereocenters. The Hall–Kier alpha value is -1.46. The minimum Gasteiger partial charge on any atom is -0.481 e. The van der Waals surface area contributed by atoms with Gasteiger partial charge in [0.05, 0.1) is 12.5 Å². The van der Waals surface area contributed by atoms with Gasteiger partial charge in [0.1, 0.15) is 0 Å². The van der Waals surface area contributed by atoms with Crippen molar-refractivity contribution in [1.82, 2.24) is 20.2 Å². The van der Waals surface area contributed by atoms with Gasteiger partial charge in [-0.25, -0.2) is 4.68 Å². The highest BCUT2D eigenvalue weighted by Crippen LogP contribution is 2.21. The summed E-state index contributed by atoms with van der Waals surface area (Å²) in [5, 5.41) is 20.3. The van der Waals surface area contributed by atoms with E-state index in [0.717, 1.165) is 18.7 Å². The molecule has 0 bridgehead atoms. The molecule has 1 rings (SSSR count). The smallest absolute Gasteiger partial charge is 0.305 e. The van der Waals surface area contributed by atoms with E-state index in [1.54, 1.807) is 4.68 Å². The molecule has 1 aromatic heterocycles. The predicted molar refractivity (Wildman–Crippen MR) is 58.1 cm³/mol. The standard InChI is InChI=1S/C10H18N4O2/c1-4-5-8(6-9(15)16)14-10(7(2)3)11-12-13-14/h7-8H,4-6H2,1-3H3,(H,15,16). The van der Waals surface area contributed by atoms with Crippen LogP contribution >= 0.6 is 0 Å². The van der Waals surface area contributed by atoms with E-state index in [-0.39, 0.29) is 18.4 Å². The molecule has 0 saturated carbocycles. The molecule has 0 fully saturated rings. The van der Waals surface area contributed by atoms with Crippen molar-refractivity contribution in [3.63, 3.8) is 0 Å². The van der Waals surface area contributed by atoms with Gasteiger partial charge in [0.25, 0.3) is 0 Å². The second-order valence-corrected chi connectivity index (χ2v) is 4.18. The molecule has 16 heavy (non-hydrogen) atoms. The maximum Gasteiger partial charge on any atom is 0.305 e. The summed E-state index contributed by atoms with van der Waals surface area (Å²) < 4.78 is 1.66. The number of carboxylic acids is 1. The van der Waals surface area contributed by atoms with Gasteiger partial charge in [-0.15, -0.1) is 5.10 Å². The molecule has 0 amide bonds. The molecule has 6 heteroatoms. The van der Waals surface area contributed by atoms with E-state index in [1.807, 2.05) is 20.8 Å².